The molecule has 0 aliphatic heterocycles. The number of rotatable bonds is 12. The van der Waals surface area contributed by atoms with Gasteiger partial charge in [-0.25, -0.2) is 0 Å². The Labute approximate surface area is 121 Å². The molecule has 116 valence electrons. The van der Waals surface area contributed by atoms with Crippen molar-refractivity contribution in [1.82, 2.24) is 0 Å². The van der Waals surface area contributed by atoms with E-state index in [9.17, 15) is 0 Å². The maximum absolute atomic E-state index is 5.51. The highest BCUT2D eigenvalue weighted by atomic mass is 16.7. The van der Waals surface area contributed by atoms with Gasteiger partial charge in [-0.3, -0.25) is 0 Å². The van der Waals surface area contributed by atoms with Gasteiger partial charge in [-0.05, 0) is 33.6 Å². The third-order valence-electron chi connectivity index (χ3n) is 2.75. The van der Waals surface area contributed by atoms with Crippen molar-refractivity contribution in [3.8, 4) is 0 Å². The maximum Gasteiger partial charge on any atom is 0.157 e. The summed E-state index contributed by atoms with van der Waals surface area (Å²) in [5, 5.41) is 0. The van der Waals surface area contributed by atoms with Crippen LogP contribution >= 0.6 is 0 Å². The Morgan fingerprint density at radius 1 is 0.842 bits per heavy atom. The molecule has 0 aliphatic rings. The maximum atomic E-state index is 5.51. The Morgan fingerprint density at radius 3 is 1.68 bits per heavy atom. The van der Waals surface area contributed by atoms with Gasteiger partial charge in [0, 0.05) is 13.2 Å². The predicted molar refractivity (Wildman–Crippen MR) is 85.5 cm³/mol. The van der Waals surface area contributed by atoms with E-state index >= 15 is 0 Å². The molecule has 0 radical (unpaired) electrons. The Hall–Kier alpha value is -0.340. The van der Waals surface area contributed by atoms with Gasteiger partial charge in [-0.1, -0.05) is 51.5 Å². The van der Waals surface area contributed by atoms with Gasteiger partial charge in [0.05, 0.1) is 0 Å². The van der Waals surface area contributed by atoms with E-state index in [-0.39, 0.29) is 6.29 Å². The van der Waals surface area contributed by atoms with E-state index in [0.717, 1.165) is 19.6 Å². The summed E-state index contributed by atoms with van der Waals surface area (Å²) in [5.74, 6) is 0. The highest BCUT2D eigenvalue weighted by Crippen LogP contribution is 2.11. The first-order valence-corrected chi connectivity index (χ1v) is 8.06. The Kier molecular flexibility index (Phi) is 22.1. The van der Waals surface area contributed by atoms with Gasteiger partial charge in [0.2, 0.25) is 0 Å². The van der Waals surface area contributed by atoms with E-state index in [1.165, 1.54) is 44.9 Å². The van der Waals surface area contributed by atoms with Crippen molar-refractivity contribution in [2.24, 2.45) is 0 Å². The van der Waals surface area contributed by atoms with E-state index in [2.05, 4.69) is 13.5 Å². The van der Waals surface area contributed by atoms with Gasteiger partial charge in [0.25, 0.3) is 0 Å². The van der Waals surface area contributed by atoms with Crippen molar-refractivity contribution in [3.05, 3.63) is 12.7 Å². The lowest BCUT2D eigenvalue weighted by molar-refractivity contribution is -0.140. The fourth-order valence-electron chi connectivity index (χ4n) is 1.85. The average molecular weight is 272 g/mol. The topological polar surface area (TPSA) is 18.5 Å². The van der Waals surface area contributed by atoms with E-state index in [1.54, 1.807) is 6.08 Å². The lowest BCUT2D eigenvalue weighted by Gasteiger charge is -2.16. The second kappa shape index (κ2) is 20.0. The van der Waals surface area contributed by atoms with Crippen LogP contribution in [0.5, 0.6) is 0 Å². The summed E-state index contributed by atoms with van der Waals surface area (Å²) in [6.07, 6.45) is 12.3. The van der Waals surface area contributed by atoms with E-state index < -0.39 is 0 Å². The van der Waals surface area contributed by atoms with Crippen molar-refractivity contribution >= 4 is 0 Å². The number of unbranched alkanes of at least 4 members (excludes halogenated alkanes) is 6. The number of ether oxygens (including phenoxy) is 2. The fraction of sp³-hybridized carbons (Fsp3) is 0.882. The minimum atomic E-state index is 0.0330. The summed E-state index contributed by atoms with van der Waals surface area (Å²) in [7, 11) is 0. The largest absolute Gasteiger partial charge is 0.353 e. The second-order valence-electron chi connectivity index (χ2n) is 4.66. The molecule has 0 amide bonds. The normalized spacial score (nSPS) is 10.2. The fourth-order valence-corrected chi connectivity index (χ4v) is 1.85. The second-order valence-corrected chi connectivity index (χ2v) is 4.66. The van der Waals surface area contributed by atoms with Gasteiger partial charge in [0.15, 0.2) is 6.29 Å². The molecule has 0 rings (SSSR count). The Bertz CT molecular complexity index is 151. The number of hydrogen-bond acceptors (Lipinski definition) is 2. The number of hydrogen-bond donors (Lipinski definition) is 0. The molecule has 0 aliphatic carbocycles. The molecule has 0 fully saturated rings. The summed E-state index contributed by atoms with van der Waals surface area (Å²) in [5.41, 5.74) is 0. The summed E-state index contributed by atoms with van der Waals surface area (Å²) in [6.45, 7) is 13.1. The van der Waals surface area contributed by atoms with Crippen LogP contribution in [-0.2, 0) is 9.47 Å². The zero-order valence-electron chi connectivity index (χ0n) is 13.7. The minimum Gasteiger partial charge on any atom is -0.353 e. The van der Waals surface area contributed by atoms with Crippen LogP contribution in [0.1, 0.15) is 79.1 Å². The summed E-state index contributed by atoms with van der Waals surface area (Å²) >= 11 is 0. The molecule has 0 saturated heterocycles. The Morgan fingerprint density at radius 2 is 1.26 bits per heavy atom. The van der Waals surface area contributed by atoms with Crippen LogP contribution < -0.4 is 0 Å². The standard InChI is InChI=1S/C14H30O2.C3H6/c1-4-7-8-9-10-11-12-13-14(15-5-2)16-6-3;1-3-2/h14H,4-13H2,1-3H3;3H,1H2,2H3. The molecule has 0 heterocycles. The van der Waals surface area contributed by atoms with Gasteiger partial charge in [-0.2, -0.15) is 0 Å². The lowest BCUT2D eigenvalue weighted by atomic mass is 10.1. The van der Waals surface area contributed by atoms with Crippen LogP contribution in [0.3, 0.4) is 0 Å². The molecule has 0 N–H and O–H groups in total. The van der Waals surface area contributed by atoms with Crippen molar-refractivity contribution in [2.45, 2.75) is 85.4 Å². The van der Waals surface area contributed by atoms with Gasteiger partial charge in [0.1, 0.15) is 0 Å². The molecule has 0 spiro atoms. The zero-order chi connectivity index (χ0) is 14.8. The quantitative estimate of drug-likeness (QED) is 0.257. The summed E-state index contributed by atoms with van der Waals surface area (Å²) < 4.78 is 11.0. The van der Waals surface area contributed by atoms with Crippen LogP contribution in [0.15, 0.2) is 12.7 Å². The highest BCUT2D eigenvalue weighted by molar-refractivity contribution is 4.51. The Balaban J connectivity index is 0. The molecule has 0 aromatic carbocycles. The third kappa shape index (κ3) is 20.2. The highest BCUT2D eigenvalue weighted by Gasteiger charge is 2.06. The molecule has 0 unspecified atom stereocenters. The van der Waals surface area contributed by atoms with Gasteiger partial charge < -0.3 is 9.47 Å². The monoisotopic (exact) mass is 272 g/mol. The van der Waals surface area contributed by atoms with Crippen molar-refractivity contribution < 1.29 is 9.47 Å². The van der Waals surface area contributed by atoms with Gasteiger partial charge in [-0.15, -0.1) is 6.58 Å². The van der Waals surface area contributed by atoms with E-state index in [0.29, 0.717) is 0 Å². The molecule has 2 heteroatoms. The van der Waals surface area contributed by atoms with E-state index in [1.807, 2.05) is 20.8 Å². The van der Waals surface area contributed by atoms with Crippen molar-refractivity contribution in [1.29, 1.82) is 0 Å². The first-order chi connectivity index (χ1) is 9.26. The molecule has 0 bridgehead atoms. The van der Waals surface area contributed by atoms with Crippen LogP contribution in [-0.4, -0.2) is 19.5 Å². The predicted octanol–water partition coefficient (Wildman–Crippen LogP) is 5.72. The summed E-state index contributed by atoms with van der Waals surface area (Å²) in [4.78, 5) is 0. The smallest absolute Gasteiger partial charge is 0.157 e. The third-order valence-corrected chi connectivity index (χ3v) is 2.75. The molecular weight excluding hydrogens is 236 g/mol. The molecule has 2 nitrogen and oxygen atoms in total. The molecule has 19 heavy (non-hydrogen) atoms. The summed E-state index contributed by atoms with van der Waals surface area (Å²) in [6, 6.07) is 0. The van der Waals surface area contributed by atoms with Gasteiger partial charge >= 0.3 is 0 Å². The minimum absolute atomic E-state index is 0.0330. The molecule has 0 aromatic rings. The molecule has 0 aromatic heterocycles. The van der Waals surface area contributed by atoms with Crippen molar-refractivity contribution in [2.75, 3.05) is 13.2 Å². The lowest BCUT2D eigenvalue weighted by Crippen LogP contribution is -2.17. The van der Waals surface area contributed by atoms with Crippen LogP contribution in [0.4, 0.5) is 0 Å². The number of allylic oxidation sites excluding steroid dienone is 1. The first kappa shape index (κ1) is 21.0. The average Bonchev–Trinajstić information content (AvgIpc) is 2.39. The van der Waals surface area contributed by atoms with Crippen LogP contribution in [0, 0.1) is 0 Å². The van der Waals surface area contributed by atoms with Crippen LogP contribution in [0.2, 0.25) is 0 Å². The zero-order valence-corrected chi connectivity index (χ0v) is 13.7. The first-order valence-electron chi connectivity index (χ1n) is 8.06. The molecule has 0 atom stereocenters. The SMILES string of the molecule is C=CC.CCCCCCCCCC(OCC)OCC. The van der Waals surface area contributed by atoms with E-state index in [4.69, 9.17) is 9.47 Å². The van der Waals surface area contributed by atoms with Crippen LogP contribution in [0.25, 0.3) is 0 Å². The molecular formula is C17H36O2. The molecule has 0 saturated carbocycles. The van der Waals surface area contributed by atoms with Crippen molar-refractivity contribution in [3.63, 3.8) is 0 Å².